The number of aliphatic hydroxyl groups is 1. The Bertz CT molecular complexity index is 734. The summed E-state index contributed by atoms with van der Waals surface area (Å²) in [6, 6.07) is 12.3. The van der Waals surface area contributed by atoms with Gasteiger partial charge < -0.3 is 5.11 Å². The van der Waals surface area contributed by atoms with E-state index in [9.17, 15) is 9.50 Å². The average Bonchev–Trinajstić information content (AvgIpc) is 2.82. The summed E-state index contributed by atoms with van der Waals surface area (Å²) >= 11 is 0. The van der Waals surface area contributed by atoms with Crippen LogP contribution >= 0.6 is 0 Å². The zero-order valence-electron chi connectivity index (χ0n) is 10.4. The monoisotopic (exact) mass is 256 g/mol. The van der Waals surface area contributed by atoms with Crippen molar-refractivity contribution >= 4 is 10.9 Å². The van der Waals surface area contributed by atoms with Gasteiger partial charge in [-0.25, -0.2) is 9.07 Å². The maximum Gasteiger partial charge on any atom is 0.149 e. The highest BCUT2D eigenvalue weighted by Crippen LogP contribution is 2.27. The second-order valence-corrected chi connectivity index (χ2v) is 4.47. The molecule has 0 aliphatic heterocycles. The third kappa shape index (κ3) is 1.90. The van der Waals surface area contributed by atoms with Gasteiger partial charge in [-0.3, -0.25) is 0 Å². The highest BCUT2D eigenvalue weighted by molar-refractivity contribution is 5.80. The van der Waals surface area contributed by atoms with Crippen LogP contribution in [0.2, 0.25) is 0 Å². The number of aromatic nitrogens is 2. The van der Waals surface area contributed by atoms with Gasteiger partial charge in [0, 0.05) is 10.9 Å². The van der Waals surface area contributed by atoms with Crippen LogP contribution in [0.3, 0.4) is 0 Å². The number of hydrogen-bond acceptors (Lipinski definition) is 2. The Balaban J connectivity index is 2.33. The van der Waals surface area contributed by atoms with Crippen LogP contribution in [0.1, 0.15) is 18.6 Å². The van der Waals surface area contributed by atoms with Gasteiger partial charge in [-0.1, -0.05) is 30.3 Å². The molecule has 0 aliphatic rings. The lowest BCUT2D eigenvalue weighted by Crippen LogP contribution is -2.06. The molecule has 96 valence electrons. The summed E-state index contributed by atoms with van der Waals surface area (Å²) in [5.74, 6) is -0.396. The average molecular weight is 256 g/mol. The first kappa shape index (κ1) is 11.9. The Morgan fingerprint density at radius 3 is 2.74 bits per heavy atom. The van der Waals surface area contributed by atoms with Crippen LogP contribution in [-0.2, 0) is 0 Å². The summed E-state index contributed by atoms with van der Waals surface area (Å²) < 4.78 is 15.7. The molecule has 3 nitrogen and oxygen atoms in total. The Labute approximate surface area is 109 Å². The third-order valence-corrected chi connectivity index (χ3v) is 3.16. The van der Waals surface area contributed by atoms with Gasteiger partial charge in [-0.15, -0.1) is 0 Å². The standard InChI is InChI=1S/C15H13FN2O/c1-10(19)12-6-4-7-13(16)15(12)18-14-8-3-2-5-11(14)9-17-18/h2-10,19H,1H3/t10-/m0/s1. The second kappa shape index (κ2) is 4.48. The zero-order chi connectivity index (χ0) is 13.4. The van der Waals surface area contributed by atoms with Gasteiger partial charge in [0.15, 0.2) is 0 Å². The molecule has 0 saturated heterocycles. The van der Waals surface area contributed by atoms with Crippen LogP contribution in [-0.4, -0.2) is 14.9 Å². The lowest BCUT2D eigenvalue weighted by molar-refractivity contribution is 0.198. The highest BCUT2D eigenvalue weighted by Gasteiger charge is 2.16. The number of para-hydroxylation sites is 2. The quantitative estimate of drug-likeness (QED) is 0.764. The molecule has 0 unspecified atom stereocenters. The molecule has 19 heavy (non-hydrogen) atoms. The lowest BCUT2D eigenvalue weighted by atomic mass is 10.1. The molecular weight excluding hydrogens is 243 g/mol. The van der Waals surface area contributed by atoms with Crippen molar-refractivity contribution in [2.24, 2.45) is 0 Å². The SMILES string of the molecule is C[C@H](O)c1cccc(F)c1-n1ncc2ccccc21. The van der Waals surface area contributed by atoms with Crippen molar-refractivity contribution < 1.29 is 9.50 Å². The first-order valence-electron chi connectivity index (χ1n) is 6.08. The van der Waals surface area contributed by atoms with E-state index in [1.165, 1.54) is 10.7 Å². The normalized spacial score (nSPS) is 12.8. The molecule has 0 aliphatic carbocycles. The van der Waals surface area contributed by atoms with E-state index in [0.29, 0.717) is 11.3 Å². The van der Waals surface area contributed by atoms with Gasteiger partial charge >= 0.3 is 0 Å². The molecule has 3 aromatic rings. The summed E-state index contributed by atoms with van der Waals surface area (Å²) in [5, 5.41) is 15.0. The van der Waals surface area contributed by atoms with E-state index in [-0.39, 0.29) is 0 Å². The van der Waals surface area contributed by atoms with E-state index < -0.39 is 11.9 Å². The first-order chi connectivity index (χ1) is 9.18. The largest absolute Gasteiger partial charge is 0.389 e. The molecule has 3 rings (SSSR count). The summed E-state index contributed by atoms with van der Waals surface area (Å²) in [6.07, 6.45) is 0.932. The first-order valence-corrected chi connectivity index (χ1v) is 6.08. The van der Waals surface area contributed by atoms with Gasteiger partial charge in [0.05, 0.1) is 17.8 Å². The van der Waals surface area contributed by atoms with Crippen LogP contribution in [0.15, 0.2) is 48.7 Å². The third-order valence-electron chi connectivity index (χ3n) is 3.16. The maximum atomic E-state index is 14.1. The number of hydrogen-bond donors (Lipinski definition) is 1. The van der Waals surface area contributed by atoms with Crippen molar-refractivity contribution in [3.8, 4) is 5.69 Å². The Hall–Kier alpha value is -2.20. The van der Waals surface area contributed by atoms with Crippen molar-refractivity contribution in [1.82, 2.24) is 9.78 Å². The predicted octanol–water partition coefficient (Wildman–Crippen LogP) is 3.22. The summed E-state index contributed by atoms with van der Waals surface area (Å²) in [7, 11) is 0. The van der Waals surface area contributed by atoms with Crippen LogP contribution < -0.4 is 0 Å². The number of fused-ring (bicyclic) bond motifs is 1. The van der Waals surface area contributed by atoms with E-state index in [2.05, 4.69) is 5.10 Å². The van der Waals surface area contributed by atoms with Crippen LogP contribution in [0.4, 0.5) is 4.39 Å². The number of benzene rings is 2. The van der Waals surface area contributed by atoms with E-state index in [4.69, 9.17) is 0 Å². The molecule has 0 amide bonds. The van der Waals surface area contributed by atoms with Crippen molar-refractivity contribution in [3.63, 3.8) is 0 Å². The smallest absolute Gasteiger partial charge is 0.149 e. The van der Waals surface area contributed by atoms with Crippen molar-refractivity contribution in [2.45, 2.75) is 13.0 Å². The van der Waals surface area contributed by atoms with E-state index >= 15 is 0 Å². The molecule has 1 atom stereocenters. The Kier molecular flexibility index (Phi) is 2.80. The van der Waals surface area contributed by atoms with E-state index in [1.807, 2.05) is 24.3 Å². The molecule has 0 spiro atoms. The number of aliphatic hydroxyl groups excluding tert-OH is 1. The summed E-state index contributed by atoms with van der Waals surface area (Å²) in [5.41, 5.74) is 1.64. The van der Waals surface area contributed by atoms with Crippen molar-refractivity contribution in [3.05, 3.63) is 60.0 Å². The topological polar surface area (TPSA) is 38.0 Å². The van der Waals surface area contributed by atoms with Gasteiger partial charge in [0.2, 0.25) is 0 Å². The Morgan fingerprint density at radius 1 is 1.16 bits per heavy atom. The second-order valence-electron chi connectivity index (χ2n) is 4.47. The van der Waals surface area contributed by atoms with Gasteiger partial charge in [0.1, 0.15) is 11.5 Å². The fraction of sp³-hybridized carbons (Fsp3) is 0.133. The predicted molar refractivity (Wildman–Crippen MR) is 71.7 cm³/mol. The van der Waals surface area contributed by atoms with Crippen LogP contribution in [0, 0.1) is 5.82 Å². The number of halogens is 1. The molecule has 0 fully saturated rings. The molecule has 2 aromatic carbocycles. The molecule has 1 heterocycles. The van der Waals surface area contributed by atoms with Gasteiger partial charge in [-0.05, 0) is 19.1 Å². The van der Waals surface area contributed by atoms with E-state index in [1.54, 1.807) is 25.3 Å². The minimum Gasteiger partial charge on any atom is -0.389 e. The van der Waals surface area contributed by atoms with Gasteiger partial charge in [0.25, 0.3) is 0 Å². The fourth-order valence-corrected chi connectivity index (χ4v) is 2.24. The molecular formula is C15H13FN2O. The molecule has 1 N–H and O–H groups in total. The molecule has 0 radical (unpaired) electrons. The lowest BCUT2D eigenvalue weighted by Gasteiger charge is -2.13. The minimum absolute atomic E-state index is 0.304. The van der Waals surface area contributed by atoms with Crippen LogP contribution in [0.25, 0.3) is 16.6 Å². The highest BCUT2D eigenvalue weighted by atomic mass is 19.1. The van der Waals surface area contributed by atoms with Gasteiger partial charge in [-0.2, -0.15) is 5.10 Å². The molecule has 0 saturated carbocycles. The maximum absolute atomic E-state index is 14.1. The summed E-state index contributed by atoms with van der Waals surface area (Å²) in [4.78, 5) is 0. The molecule has 4 heteroatoms. The number of rotatable bonds is 2. The fourth-order valence-electron chi connectivity index (χ4n) is 2.24. The summed E-state index contributed by atoms with van der Waals surface area (Å²) in [6.45, 7) is 1.62. The molecule has 1 aromatic heterocycles. The number of nitrogens with zero attached hydrogens (tertiary/aromatic N) is 2. The van der Waals surface area contributed by atoms with Crippen molar-refractivity contribution in [1.29, 1.82) is 0 Å². The molecule has 0 bridgehead atoms. The van der Waals surface area contributed by atoms with E-state index in [0.717, 1.165) is 10.9 Å². The van der Waals surface area contributed by atoms with Crippen LogP contribution in [0.5, 0.6) is 0 Å². The Morgan fingerprint density at radius 2 is 1.95 bits per heavy atom. The minimum atomic E-state index is -0.756. The zero-order valence-corrected chi connectivity index (χ0v) is 10.4. The van der Waals surface area contributed by atoms with Crippen molar-refractivity contribution in [2.75, 3.05) is 0 Å².